The molecule has 0 unspecified atom stereocenters. The third-order valence-corrected chi connectivity index (χ3v) is 6.49. The fraction of sp³-hybridized carbons (Fsp3) is 0.400. The minimum absolute atomic E-state index is 0.100. The van der Waals surface area contributed by atoms with Crippen molar-refractivity contribution in [1.29, 1.82) is 5.26 Å². The van der Waals surface area contributed by atoms with E-state index in [1.165, 1.54) is 11.3 Å². The van der Waals surface area contributed by atoms with Crippen molar-refractivity contribution < 1.29 is 8.42 Å². The SMILES string of the molecule is Cc1csc(/C(C#N)=C/Nc2cc(C)nn2[C@@H]2CCS(=O)(=O)C2)n1. The zero-order chi connectivity index (χ0) is 17.3. The second kappa shape index (κ2) is 6.37. The normalized spacial score (nSPS) is 20.0. The maximum absolute atomic E-state index is 11.7. The smallest absolute Gasteiger partial charge is 0.152 e. The van der Waals surface area contributed by atoms with Crippen molar-refractivity contribution in [3.8, 4) is 6.07 Å². The van der Waals surface area contributed by atoms with Crippen LogP contribution in [0.2, 0.25) is 0 Å². The number of rotatable bonds is 4. The van der Waals surface area contributed by atoms with Crippen LogP contribution in [0.3, 0.4) is 0 Å². The van der Waals surface area contributed by atoms with Gasteiger partial charge in [0.2, 0.25) is 0 Å². The van der Waals surface area contributed by atoms with E-state index in [1.54, 1.807) is 10.9 Å². The second-order valence-corrected chi connectivity index (χ2v) is 8.87. The molecule has 1 atom stereocenters. The van der Waals surface area contributed by atoms with Crippen LogP contribution in [0.25, 0.3) is 5.57 Å². The third kappa shape index (κ3) is 3.49. The van der Waals surface area contributed by atoms with E-state index in [0.29, 0.717) is 22.8 Å². The highest BCUT2D eigenvalue weighted by atomic mass is 32.2. The van der Waals surface area contributed by atoms with E-state index in [0.717, 1.165) is 11.4 Å². The molecule has 0 aromatic carbocycles. The average Bonchev–Trinajstić information content (AvgIpc) is 3.19. The van der Waals surface area contributed by atoms with Crippen LogP contribution in [-0.2, 0) is 9.84 Å². The van der Waals surface area contributed by atoms with E-state index < -0.39 is 9.84 Å². The van der Waals surface area contributed by atoms with Gasteiger partial charge in [0, 0.05) is 23.3 Å². The lowest BCUT2D eigenvalue weighted by Gasteiger charge is -2.12. The average molecular weight is 363 g/mol. The number of sulfone groups is 1. The first-order valence-electron chi connectivity index (χ1n) is 7.44. The standard InChI is InChI=1S/C15H17N5O2S2/c1-10-5-14(20(19-10)13-3-4-24(21,22)9-13)17-7-12(6-16)15-18-11(2)8-23-15/h5,7-8,13,17H,3-4,9H2,1-2H3/b12-7+/t13-/m1/s1. The van der Waals surface area contributed by atoms with Crippen LogP contribution in [0.5, 0.6) is 0 Å². The van der Waals surface area contributed by atoms with E-state index >= 15 is 0 Å². The van der Waals surface area contributed by atoms with Crippen LogP contribution < -0.4 is 5.32 Å². The highest BCUT2D eigenvalue weighted by Crippen LogP contribution is 2.27. The van der Waals surface area contributed by atoms with E-state index in [1.807, 2.05) is 25.3 Å². The Hall–Kier alpha value is -2.18. The summed E-state index contributed by atoms with van der Waals surface area (Å²) in [5, 5.41) is 19.4. The Balaban J connectivity index is 1.86. The summed E-state index contributed by atoms with van der Waals surface area (Å²) in [6.45, 7) is 3.73. The number of thiazole rings is 1. The fourth-order valence-electron chi connectivity index (χ4n) is 2.64. The van der Waals surface area contributed by atoms with Gasteiger partial charge in [-0.15, -0.1) is 11.3 Å². The number of nitrogens with zero attached hydrogens (tertiary/aromatic N) is 4. The lowest BCUT2D eigenvalue weighted by atomic mass is 10.3. The topological polar surface area (TPSA) is 101 Å². The number of aromatic nitrogens is 3. The van der Waals surface area contributed by atoms with E-state index in [2.05, 4.69) is 21.5 Å². The van der Waals surface area contributed by atoms with Gasteiger partial charge < -0.3 is 5.32 Å². The zero-order valence-corrected chi connectivity index (χ0v) is 15.0. The zero-order valence-electron chi connectivity index (χ0n) is 13.4. The largest absolute Gasteiger partial charge is 0.345 e. The predicted molar refractivity (Wildman–Crippen MR) is 93.3 cm³/mol. The van der Waals surface area contributed by atoms with Crippen LogP contribution in [0.15, 0.2) is 17.6 Å². The first-order valence-corrected chi connectivity index (χ1v) is 10.1. The van der Waals surface area contributed by atoms with Gasteiger partial charge in [-0.3, -0.25) is 0 Å². The Morgan fingerprint density at radius 2 is 2.29 bits per heavy atom. The molecule has 2 aromatic rings. The number of nitrogens with one attached hydrogen (secondary N) is 1. The number of hydrogen-bond donors (Lipinski definition) is 1. The van der Waals surface area contributed by atoms with Gasteiger partial charge in [-0.05, 0) is 20.3 Å². The van der Waals surface area contributed by atoms with Crippen LogP contribution >= 0.6 is 11.3 Å². The van der Waals surface area contributed by atoms with Crippen molar-refractivity contribution >= 4 is 32.6 Å². The molecule has 1 aliphatic rings. The van der Waals surface area contributed by atoms with Crippen molar-refractivity contribution in [2.45, 2.75) is 26.3 Å². The van der Waals surface area contributed by atoms with Gasteiger partial charge >= 0.3 is 0 Å². The van der Waals surface area contributed by atoms with Gasteiger partial charge in [-0.2, -0.15) is 10.4 Å². The molecule has 1 N–H and O–H groups in total. The molecule has 1 aliphatic heterocycles. The second-order valence-electron chi connectivity index (χ2n) is 5.78. The van der Waals surface area contributed by atoms with E-state index in [-0.39, 0.29) is 17.5 Å². The van der Waals surface area contributed by atoms with E-state index in [4.69, 9.17) is 0 Å². The molecule has 0 spiro atoms. The molecule has 9 heteroatoms. The summed E-state index contributed by atoms with van der Waals surface area (Å²) in [6, 6.07) is 3.79. The molecule has 3 heterocycles. The van der Waals surface area contributed by atoms with Gasteiger partial charge in [-0.1, -0.05) is 0 Å². The summed E-state index contributed by atoms with van der Waals surface area (Å²) >= 11 is 1.41. The van der Waals surface area contributed by atoms with Crippen molar-refractivity contribution in [2.75, 3.05) is 16.8 Å². The number of aryl methyl sites for hydroxylation is 2. The van der Waals surface area contributed by atoms with Crippen LogP contribution in [-0.4, -0.2) is 34.7 Å². The summed E-state index contributed by atoms with van der Waals surface area (Å²) in [5.41, 5.74) is 2.09. The maximum atomic E-state index is 11.7. The van der Waals surface area contributed by atoms with Crippen LogP contribution in [0.4, 0.5) is 5.82 Å². The Morgan fingerprint density at radius 3 is 2.88 bits per heavy atom. The Kier molecular flexibility index (Phi) is 4.43. The maximum Gasteiger partial charge on any atom is 0.152 e. The third-order valence-electron chi connectivity index (χ3n) is 3.75. The molecule has 1 saturated heterocycles. The first kappa shape index (κ1) is 16.7. The molecule has 0 amide bonds. The predicted octanol–water partition coefficient (Wildman–Crippen LogP) is 2.29. The molecule has 0 bridgehead atoms. The Labute approximate surface area is 144 Å². The number of hydrogen-bond acceptors (Lipinski definition) is 7. The molecule has 24 heavy (non-hydrogen) atoms. The molecule has 2 aromatic heterocycles. The van der Waals surface area contributed by atoms with Crippen molar-refractivity contribution in [3.63, 3.8) is 0 Å². The minimum Gasteiger partial charge on any atom is -0.345 e. The molecule has 0 saturated carbocycles. The highest BCUT2D eigenvalue weighted by Gasteiger charge is 2.31. The summed E-state index contributed by atoms with van der Waals surface area (Å²) in [5.74, 6) is 0.965. The monoisotopic (exact) mass is 363 g/mol. The van der Waals surface area contributed by atoms with Gasteiger partial charge in [0.1, 0.15) is 22.5 Å². The van der Waals surface area contributed by atoms with Gasteiger partial charge in [0.25, 0.3) is 0 Å². The van der Waals surface area contributed by atoms with Crippen molar-refractivity contribution in [3.05, 3.63) is 34.0 Å². The molecule has 1 fully saturated rings. The summed E-state index contributed by atoms with van der Waals surface area (Å²) in [7, 11) is -2.99. The number of anilines is 1. The van der Waals surface area contributed by atoms with Gasteiger partial charge in [-0.25, -0.2) is 18.1 Å². The van der Waals surface area contributed by atoms with Crippen molar-refractivity contribution in [1.82, 2.24) is 14.8 Å². The molecule has 0 aliphatic carbocycles. The van der Waals surface area contributed by atoms with E-state index in [9.17, 15) is 13.7 Å². The Bertz CT molecular complexity index is 933. The van der Waals surface area contributed by atoms with Crippen molar-refractivity contribution in [2.24, 2.45) is 0 Å². The van der Waals surface area contributed by atoms with Crippen LogP contribution in [0.1, 0.15) is 28.9 Å². The minimum atomic E-state index is -2.99. The fourth-order valence-corrected chi connectivity index (χ4v) is 5.09. The molecule has 3 rings (SSSR count). The number of nitriles is 1. The molecule has 126 valence electrons. The molecular formula is C15H17N5O2S2. The summed E-state index contributed by atoms with van der Waals surface area (Å²) < 4.78 is 25.1. The number of allylic oxidation sites excluding steroid dienone is 1. The van der Waals surface area contributed by atoms with Crippen LogP contribution in [0, 0.1) is 25.2 Å². The molecule has 7 nitrogen and oxygen atoms in total. The summed E-state index contributed by atoms with van der Waals surface area (Å²) in [4.78, 5) is 4.30. The van der Waals surface area contributed by atoms with Gasteiger partial charge in [0.15, 0.2) is 9.84 Å². The lowest BCUT2D eigenvalue weighted by Crippen LogP contribution is -2.14. The highest BCUT2D eigenvalue weighted by molar-refractivity contribution is 7.91. The Morgan fingerprint density at radius 1 is 1.50 bits per heavy atom. The molecule has 0 radical (unpaired) electrons. The lowest BCUT2D eigenvalue weighted by molar-refractivity contribution is 0.503. The summed E-state index contributed by atoms with van der Waals surface area (Å²) in [6.07, 6.45) is 2.15. The first-order chi connectivity index (χ1) is 11.4. The quantitative estimate of drug-likeness (QED) is 0.837. The molecular weight excluding hydrogens is 346 g/mol. The van der Waals surface area contributed by atoms with Gasteiger partial charge in [0.05, 0.1) is 23.2 Å².